The van der Waals surface area contributed by atoms with Crippen molar-refractivity contribution in [1.82, 2.24) is 5.48 Å². The van der Waals surface area contributed by atoms with Crippen molar-refractivity contribution >= 4 is 0 Å². The molecule has 0 aromatic rings. The van der Waals surface area contributed by atoms with Gasteiger partial charge in [0, 0.05) is 0 Å². The van der Waals surface area contributed by atoms with Gasteiger partial charge in [-0.25, -0.2) is 0 Å². The lowest BCUT2D eigenvalue weighted by Crippen LogP contribution is -2.04. The lowest BCUT2D eigenvalue weighted by molar-refractivity contribution is 0.513. The van der Waals surface area contributed by atoms with Gasteiger partial charge in [0.2, 0.25) is 0 Å². The normalized spacial score (nSPS) is 11.5. The Bertz CT molecular complexity index is 290. The number of hydrogen-bond donors (Lipinski definition) is 1. The molecule has 0 atom stereocenters. The average molecular weight is 467 g/mol. The van der Waals surface area contributed by atoms with Gasteiger partial charge in [-0.3, -0.25) is 0 Å². The topological polar surface area (TPSA) is 35.1 Å². The van der Waals surface area contributed by atoms with Crippen molar-refractivity contribution in [1.29, 1.82) is 0 Å². The van der Waals surface area contributed by atoms with Gasteiger partial charge in [0.25, 0.3) is 0 Å². The van der Waals surface area contributed by atoms with Crippen molar-refractivity contribution < 1.29 is 0 Å². The van der Waals surface area contributed by atoms with E-state index in [2.05, 4.69) is 6.92 Å². The summed E-state index contributed by atoms with van der Waals surface area (Å²) in [4.78, 5) is 0. The van der Waals surface area contributed by atoms with E-state index in [1.807, 2.05) is 5.48 Å². The summed E-state index contributed by atoms with van der Waals surface area (Å²) in [6, 6.07) is 0. The standard InChI is InChI=1S/C31H64NO/c1-2-3-4-5-6-7-8-9-10-11-12-13-14-15-16-17-18-19-20-21-22-23-24-25-26-27-28-29-30-31-32-33/h32H,2-31H2,1H3/q-1. The molecule has 0 amide bonds. The van der Waals surface area contributed by atoms with E-state index in [1.165, 1.54) is 180 Å². The number of rotatable bonds is 30. The SMILES string of the molecule is CCCCCCCCCCCCCCCCCCCCCCCCCCCCCCCN[O-]. The van der Waals surface area contributed by atoms with Crippen LogP contribution in [0.4, 0.5) is 0 Å². The van der Waals surface area contributed by atoms with Gasteiger partial charge in [-0.05, 0) is 13.0 Å². The lowest BCUT2D eigenvalue weighted by Gasteiger charge is -2.06. The molecule has 0 aliphatic carbocycles. The zero-order chi connectivity index (χ0) is 23.9. The van der Waals surface area contributed by atoms with Crippen LogP contribution in [-0.4, -0.2) is 6.54 Å². The molecule has 1 N–H and O–H groups in total. The smallest absolute Gasteiger partial charge is 0.0170 e. The van der Waals surface area contributed by atoms with Crippen molar-refractivity contribution in [3.05, 3.63) is 5.21 Å². The highest BCUT2D eigenvalue weighted by Crippen LogP contribution is 2.16. The van der Waals surface area contributed by atoms with Crippen molar-refractivity contribution in [2.45, 2.75) is 193 Å². The van der Waals surface area contributed by atoms with E-state index >= 15 is 0 Å². The van der Waals surface area contributed by atoms with Crippen molar-refractivity contribution in [2.24, 2.45) is 0 Å². The zero-order valence-corrected chi connectivity index (χ0v) is 23.1. The van der Waals surface area contributed by atoms with Crippen molar-refractivity contribution in [3.8, 4) is 0 Å². The van der Waals surface area contributed by atoms with Crippen LogP contribution < -0.4 is 5.48 Å². The van der Waals surface area contributed by atoms with E-state index in [0.29, 0.717) is 6.54 Å². The van der Waals surface area contributed by atoms with Crippen molar-refractivity contribution in [3.63, 3.8) is 0 Å². The zero-order valence-electron chi connectivity index (χ0n) is 23.1. The summed E-state index contributed by atoms with van der Waals surface area (Å²) < 4.78 is 0. The summed E-state index contributed by atoms with van der Waals surface area (Å²) in [5, 5.41) is 10.1. The average Bonchev–Trinajstić information content (AvgIpc) is 2.83. The molecule has 0 aromatic carbocycles. The number of hydroxylamine groups is 1. The molecule has 0 bridgehead atoms. The minimum absolute atomic E-state index is 0.638. The predicted molar refractivity (Wildman–Crippen MR) is 151 cm³/mol. The van der Waals surface area contributed by atoms with E-state index in [4.69, 9.17) is 0 Å². The molecule has 0 rings (SSSR count). The number of unbranched alkanes of at least 4 members (excludes halogenated alkanes) is 28. The molecule has 0 spiro atoms. The first-order valence-corrected chi connectivity index (χ1v) is 15.8. The van der Waals surface area contributed by atoms with E-state index in [1.54, 1.807) is 0 Å². The molecule has 33 heavy (non-hydrogen) atoms. The maximum Gasteiger partial charge on any atom is -0.0170 e. The fourth-order valence-electron chi connectivity index (χ4n) is 5.04. The first kappa shape index (κ1) is 32.9. The Labute approximate surface area is 210 Å². The largest absolute Gasteiger partial charge is 0.788 e. The molecule has 0 fully saturated rings. The minimum Gasteiger partial charge on any atom is -0.788 e. The predicted octanol–water partition coefficient (Wildman–Crippen LogP) is 11.4. The highest BCUT2D eigenvalue weighted by atomic mass is 16.5. The third kappa shape index (κ3) is 31.9. The van der Waals surface area contributed by atoms with Gasteiger partial charge in [-0.1, -0.05) is 187 Å². The van der Waals surface area contributed by atoms with Gasteiger partial charge in [0.15, 0.2) is 0 Å². The maximum atomic E-state index is 10.1. The monoisotopic (exact) mass is 466 g/mol. The van der Waals surface area contributed by atoms with Crippen LogP contribution in [0, 0.1) is 5.21 Å². The van der Waals surface area contributed by atoms with E-state index < -0.39 is 0 Å². The van der Waals surface area contributed by atoms with Crippen molar-refractivity contribution in [2.75, 3.05) is 6.54 Å². The quantitative estimate of drug-likeness (QED) is 0.0843. The van der Waals surface area contributed by atoms with E-state index in [9.17, 15) is 5.21 Å². The van der Waals surface area contributed by atoms with Crippen LogP contribution in [0.2, 0.25) is 0 Å². The molecule has 0 unspecified atom stereocenters. The Morgan fingerprint density at radius 2 is 0.485 bits per heavy atom. The van der Waals surface area contributed by atoms with E-state index in [0.717, 1.165) is 6.42 Å². The highest BCUT2D eigenvalue weighted by Gasteiger charge is 1.96. The minimum atomic E-state index is 0.638. The first-order chi connectivity index (χ1) is 16.4. The molecule has 0 saturated carbocycles. The number of hydrogen-bond acceptors (Lipinski definition) is 2. The number of nitrogens with one attached hydrogen (secondary N) is 1. The van der Waals surface area contributed by atoms with Gasteiger partial charge < -0.3 is 10.7 Å². The Kier molecular flexibility index (Phi) is 31.8. The molecule has 0 aliphatic heterocycles. The molecular weight excluding hydrogens is 402 g/mol. The van der Waals surface area contributed by atoms with Gasteiger partial charge in [0.1, 0.15) is 0 Å². The summed E-state index contributed by atoms with van der Waals surface area (Å²) in [7, 11) is 0. The molecule has 2 nitrogen and oxygen atoms in total. The van der Waals surface area contributed by atoms with E-state index in [-0.39, 0.29) is 0 Å². The fraction of sp³-hybridized carbons (Fsp3) is 1.00. The van der Waals surface area contributed by atoms with Crippen LogP contribution in [0.1, 0.15) is 193 Å². The Morgan fingerprint density at radius 1 is 0.303 bits per heavy atom. The van der Waals surface area contributed by atoms with Crippen LogP contribution in [0.3, 0.4) is 0 Å². The highest BCUT2D eigenvalue weighted by molar-refractivity contribution is 4.52. The Hall–Kier alpha value is -0.0800. The molecule has 0 aromatic heterocycles. The van der Waals surface area contributed by atoms with Gasteiger partial charge >= 0.3 is 0 Å². The summed E-state index contributed by atoms with van der Waals surface area (Å²) in [5.41, 5.74) is 1.99. The second-order valence-electron chi connectivity index (χ2n) is 10.8. The van der Waals surface area contributed by atoms with Crippen LogP contribution >= 0.6 is 0 Å². The first-order valence-electron chi connectivity index (χ1n) is 15.8. The molecule has 0 saturated heterocycles. The summed E-state index contributed by atoms with van der Waals surface area (Å²) in [6.45, 7) is 2.94. The third-order valence-electron chi connectivity index (χ3n) is 7.38. The maximum absolute atomic E-state index is 10.1. The van der Waals surface area contributed by atoms with Crippen LogP contribution in [0.15, 0.2) is 0 Å². The summed E-state index contributed by atoms with van der Waals surface area (Å²) in [6.07, 6.45) is 41.4. The molecule has 0 radical (unpaired) electrons. The second-order valence-corrected chi connectivity index (χ2v) is 10.8. The molecule has 0 heterocycles. The lowest BCUT2D eigenvalue weighted by atomic mass is 10.0. The second kappa shape index (κ2) is 31.9. The molecular formula is C31H64NO-. The third-order valence-corrected chi connectivity index (χ3v) is 7.38. The van der Waals surface area contributed by atoms with Gasteiger partial charge in [-0.2, -0.15) is 0 Å². The molecule has 200 valence electrons. The molecule has 2 heteroatoms. The van der Waals surface area contributed by atoms with Gasteiger partial charge in [-0.15, -0.1) is 0 Å². The Balaban J connectivity index is 2.99. The molecule has 0 aliphatic rings. The summed E-state index contributed by atoms with van der Waals surface area (Å²) >= 11 is 0. The summed E-state index contributed by atoms with van der Waals surface area (Å²) in [5.74, 6) is 0. The van der Waals surface area contributed by atoms with Crippen LogP contribution in [0.25, 0.3) is 0 Å². The Morgan fingerprint density at radius 3 is 0.667 bits per heavy atom. The van der Waals surface area contributed by atoms with Crippen LogP contribution in [-0.2, 0) is 0 Å². The fourth-order valence-corrected chi connectivity index (χ4v) is 5.04. The van der Waals surface area contributed by atoms with Gasteiger partial charge in [0.05, 0.1) is 0 Å². The van der Waals surface area contributed by atoms with Crippen LogP contribution in [0.5, 0.6) is 0 Å².